The monoisotopic (exact) mass is 227 g/mol. The van der Waals surface area contributed by atoms with E-state index in [-0.39, 0.29) is 5.38 Å². The van der Waals surface area contributed by atoms with Crippen molar-refractivity contribution in [2.75, 3.05) is 25.6 Å². The molecule has 1 rings (SSSR count). The van der Waals surface area contributed by atoms with Crippen LogP contribution in [0.25, 0.3) is 0 Å². The van der Waals surface area contributed by atoms with Gasteiger partial charge in [-0.25, -0.2) is 0 Å². The maximum absolute atomic E-state index is 6.08. The van der Waals surface area contributed by atoms with Crippen molar-refractivity contribution in [1.82, 2.24) is 0 Å². The average Bonchev–Trinajstić information content (AvgIpc) is 2.25. The maximum atomic E-state index is 6.08. The van der Waals surface area contributed by atoms with Crippen LogP contribution in [-0.2, 0) is 4.74 Å². The summed E-state index contributed by atoms with van der Waals surface area (Å²) in [6.45, 7) is 3.68. The van der Waals surface area contributed by atoms with Gasteiger partial charge in [0, 0.05) is 25.9 Å². The highest BCUT2D eigenvalue weighted by Gasteiger charge is 2.05. The Kier molecular flexibility index (Phi) is 5.51. The van der Waals surface area contributed by atoms with E-state index in [4.69, 9.17) is 16.3 Å². The molecule has 1 aromatic carbocycles. The Labute approximate surface area is 96.6 Å². The van der Waals surface area contributed by atoms with Crippen LogP contribution in [0.5, 0.6) is 0 Å². The molecule has 0 heterocycles. The Bertz CT molecular complexity index is 289. The lowest BCUT2D eigenvalue weighted by molar-refractivity contribution is 0.198. The number of alkyl halides is 1. The molecule has 0 fully saturated rings. The highest BCUT2D eigenvalue weighted by Crippen LogP contribution is 2.26. The second-order valence-corrected chi connectivity index (χ2v) is 4.13. The van der Waals surface area contributed by atoms with Crippen LogP contribution in [0.15, 0.2) is 24.3 Å². The van der Waals surface area contributed by atoms with Crippen LogP contribution in [-0.4, -0.2) is 20.3 Å². The Balaban J connectivity index is 2.52. The lowest BCUT2D eigenvalue weighted by atomic mass is 10.1. The van der Waals surface area contributed by atoms with Gasteiger partial charge in [-0.1, -0.05) is 18.2 Å². The van der Waals surface area contributed by atoms with Crippen molar-refractivity contribution in [2.24, 2.45) is 0 Å². The number of nitrogens with one attached hydrogen (secondary N) is 1. The van der Waals surface area contributed by atoms with E-state index < -0.39 is 0 Å². The van der Waals surface area contributed by atoms with Gasteiger partial charge in [0.1, 0.15) is 0 Å². The van der Waals surface area contributed by atoms with Gasteiger partial charge in [0.2, 0.25) is 0 Å². The fourth-order valence-electron chi connectivity index (χ4n) is 1.44. The van der Waals surface area contributed by atoms with E-state index in [0.717, 1.165) is 30.8 Å². The highest BCUT2D eigenvalue weighted by molar-refractivity contribution is 6.21. The molecule has 0 saturated heterocycles. The topological polar surface area (TPSA) is 21.3 Å². The van der Waals surface area contributed by atoms with Crippen molar-refractivity contribution < 1.29 is 4.74 Å². The number of rotatable bonds is 6. The summed E-state index contributed by atoms with van der Waals surface area (Å²) >= 11 is 6.08. The summed E-state index contributed by atoms with van der Waals surface area (Å²) in [5.41, 5.74) is 2.27. The molecule has 0 saturated carbocycles. The van der Waals surface area contributed by atoms with Gasteiger partial charge in [-0.05, 0) is 25.0 Å². The van der Waals surface area contributed by atoms with Crippen molar-refractivity contribution >= 4 is 17.3 Å². The summed E-state index contributed by atoms with van der Waals surface area (Å²) in [6.07, 6.45) is 1.00. The first-order valence-corrected chi connectivity index (χ1v) is 5.65. The number of ether oxygens (including phenoxy) is 1. The summed E-state index contributed by atoms with van der Waals surface area (Å²) in [4.78, 5) is 0. The molecule has 1 unspecified atom stereocenters. The van der Waals surface area contributed by atoms with E-state index in [0.29, 0.717) is 0 Å². The Morgan fingerprint density at radius 1 is 1.40 bits per heavy atom. The molecular weight excluding hydrogens is 210 g/mol. The summed E-state index contributed by atoms with van der Waals surface area (Å²) in [7, 11) is 1.72. The minimum absolute atomic E-state index is 0.0381. The van der Waals surface area contributed by atoms with E-state index >= 15 is 0 Å². The number of methoxy groups -OCH3 is 1. The number of halogens is 1. The van der Waals surface area contributed by atoms with Crippen molar-refractivity contribution in [3.63, 3.8) is 0 Å². The van der Waals surface area contributed by atoms with Gasteiger partial charge in [0.25, 0.3) is 0 Å². The molecule has 15 heavy (non-hydrogen) atoms. The number of hydrogen-bond acceptors (Lipinski definition) is 2. The first-order chi connectivity index (χ1) is 7.25. The Morgan fingerprint density at radius 2 is 2.13 bits per heavy atom. The molecule has 1 atom stereocenters. The van der Waals surface area contributed by atoms with Crippen LogP contribution in [0.3, 0.4) is 0 Å². The Hall–Kier alpha value is -0.730. The van der Waals surface area contributed by atoms with Crippen molar-refractivity contribution in [3.05, 3.63) is 29.8 Å². The molecule has 0 bridgehead atoms. The molecule has 0 aliphatic heterocycles. The zero-order chi connectivity index (χ0) is 11.1. The molecule has 3 heteroatoms. The molecule has 0 aliphatic rings. The highest BCUT2D eigenvalue weighted by atomic mass is 35.5. The molecule has 0 amide bonds. The fraction of sp³-hybridized carbons (Fsp3) is 0.500. The minimum Gasteiger partial charge on any atom is -0.385 e. The van der Waals surface area contributed by atoms with Crippen molar-refractivity contribution in [1.29, 1.82) is 0 Å². The van der Waals surface area contributed by atoms with Crippen LogP contribution >= 0.6 is 11.6 Å². The van der Waals surface area contributed by atoms with Gasteiger partial charge in [0.05, 0.1) is 5.38 Å². The molecule has 0 aromatic heterocycles. The Morgan fingerprint density at radius 3 is 2.80 bits per heavy atom. The van der Waals surface area contributed by atoms with Crippen LogP contribution in [0.4, 0.5) is 5.69 Å². The van der Waals surface area contributed by atoms with Gasteiger partial charge in [-0.3, -0.25) is 0 Å². The first kappa shape index (κ1) is 12.3. The van der Waals surface area contributed by atoms with Gasteiger partial charge < -0.3 is 10.1 Å². The zero-order valence-corrected chi connectivity index (χ0v) is 10.1. The minimum atomic E-state index is 0.0381. The molecule has 1 N–H and O–H groups in total. The maximum Gasteiger partial charge on any atom is 0.0577 e. The summed E-state index contributed by atoms with van der Waals surface area (Å²) in [6, 6.07) is 8.13. The van der Waals surface area contributed by atoms with Gasteiger partial charge in [0.15, 0.2) is 0 Å². The average molecular weight is 228 g/mol. The smallest absolute Gasteiger partial charge is 0.0577 e. The molecule has 1 aromatic rings. The largest absolute Gasteiger partial charge is 0.385 e. The molecule has 2 nitrogen and oxygen atoms in total. The second kappa shape index (κ2) is 6.70. The normalized spacial score (nSPS) is 12.5. The van der Waals surface area contributed by atoms with E-state index in [9.17, 15) is 0 Å². The zero-order valence-electron chi connectivity index (χ0n) is 9.29. The first-order valence-electron chi connectivity index (χ1n) is 5.21. The summed E-state index contributed by atoms with van der Waals surface area (Å²) in [5.74, 6) is 0. The number of para-hydroxylation sites is 1. The van der Waals surface area contributed by atoms with Crippen LogP contribution in [0, 0.1) is 0 Å². The fourth-order valence-corrected chi connectivity index (χ4v) is 1.63. The van der Waals surface area contributed by atoms with Gasteiger partial charge in [-0.2, -0.15) is 0 Å². The number of hydrogen-bond donors (Lipinski definition) is 1. The number of benzene rings is 1. The van der Waals surface area contributed by atoms with Crippen LogP contribution < -0.4 is 5.32 Å². The third-order valence-electron chi connectivity index (χ3n) is 2.23. The van der Waals surface area contributed by atoms with Crippen molar-refractivity contribution in [3.8, 4) is 0 Å². The third-order valence-corrected chi connectivity index (χ3v) is 2.47. The summed E-state index contributed by atoms with van der Waals surface area (Å²) < 4.78 is 4.99. The second-order valence-electron chi connectivity index (χ2n) is 3.48. The third kappa shape index (κ3) is 4.10. The van der Waals surface area contributed by atoms with Crippen LogP contribution in [0.2, 0.25) is 0 Å². The van der Waals surface area contributed by atoms with Crippen molar-refractivity contribution in [2.45, 2.75) is 18.7 Å². The standard InChI is InChI=1S/C12H18ClNO/c1-10(13)11-6-3-4-7-12(11)14-8-5-9-15-2/h3-4,6-7,10,14H,5,8-9H2,1-2H3. The van der Waals surface area contributed by atoms with Gasteiger partial charge >= 0.3 is 0 Å². The molecule has 84 valence electrons. The lowest BCUT2D eigenvalue weighted by Gasteiger charge is -2.13. The van der Waals surface area contributed by atoms with E-state index in [2.05, 4.69) is 17.4 Å². The predicted octanol–water partition coefficient (Wildman–Crippen LogP) is 3.43. The number of anilines is 1. The quantitative estimate of drug-likeness (QED) is 0.594. The van der Waals surface area contributed by atoms with E-state index in [1.165, 1.54) is 0 Å². The molecule has 0 spiro atoms. The summed E-state index contributed by atoms with van der Waals surface area (Å²) in [5, 5.41) is 3.40. The van der Waals surface area contributed by atoms with Gasteiger partial charge in [-0.15, -0.1) is 11.6 Å². The molecule has 0 aliphatic carbocycles. The predicted molar refractivity (Wildman–Crippen MR) is 65.7 cm³/mol. The van der Waals surface area contributed by atoms with E-state index in [1.54, 1.807) is 7.11 Å². The van der Waals surface area contributed by atoms with Crippen LogP contribution in [0.1, 0.15) is 24.3 Å². The SMILES string of the molecule is COCCCNc1ccccc1C(C)Cl. The van der Waals surface area contributed by atoms with E-state index in [1.807, 2.05) is 19.1 Å². The molecular formula is C12H18ClNO. The molecule has 0 radical (unpaired) electrons. The lowest BCUT2D eigenvalue weighted by Crippen LogP contribution is -2.06.